The van der Waals surface area contributed by atoms with E-state index in [0.29, 0.717) is 0 Å². The predicted octanol–water partition coefficient (Wildman–Crippen LogP) is 1.84. The smallest absolute Gasteiger partial charge is 0.181 e. The summed E-state index contributed by atoms with van der Waals surface area (Å²) in [5.74, 6) is 0.252. The molecule has 0 aliphatic heterocycles. The summed E-state index contributed by atoms with van der Waals surface area (Å²) < 4.78 is 0. The Morgan fingerprint density at radius 3 is 2.50 bits per heavy atom. The summed E-state index contributed by atoms with van der Waals surface area (Å²) in [7, 11) is 0. The normalized spacial score (nSPS) is 21.9. The number of nitroso groups, excluding NO2 is 1. The molecular weight excluding hydrogens is 128 g/mol. The Bertz CT molecular complexity index is 155. The highest BCUT2D eigenvalue weighted by Gasteiger charge is 2.25. The molecule has 1 atom stereocenters. The zero-order valence-electron chi connectivity index (χ0n) is 5.79. The van der Waals surface area contributed by atoms with E-state index in [0.717, 1.165) is 25.7 Å². The van der Waals surface area contributed by atoms with Crippen molar-refractivity contribution < 1.29 is 0 Å². The van der Waals surface area contributed by atoms with Gasteiger partial charge in [-0.25, -0.2) is 0 Å². The fourth-order valence-electron chi connectivity index (χ4n) is 1.49. The molecule has 3 heteroatoms. The minimum absolute atomic E-state index is 0.252. The van der Waals surface area contributed by atoms with Crippen LogP contribution in [0.4, 0.5) is 0 Å². The number of nitrogens with zero attached hydrogens (tertiary/aromatic N) is 2. The lowest BCUT2D eigenvalue weighted by molar-refractivity contribution is 0.497. The van der Waals surface area contributed by atoms with Crippen molar-refractivity contribution in [2.24, 2.45) is 11.1 Å². The van der Waals surface area contributed by atoms with E-state index in [4.69, 9.17) is 5.26 Å². The molecule has 3 nitrogen and oxygen atoms in total. The van der Waals surface area contributed by atoms with Crippen LogP contribution in [0.25, 0.3) is 0 Å². The second-order valence-corrected chi connectivity index (χ2v) is 2.72. The minimum atomic E-state index is -0.581. The van der Waals surface area contributed by atoms with E-state index < -0.39 is 6.04 Å². The molecule has 0 radical (unpaired) electrons. The van der Waals surface area contributed by atoms with E-state index in [1.807, 2.05) is 6.07 Å². The molecule has 0 saturated heterocycles. The third kappa shape index (κ3) is 1.32. The van der Waals surface area contributed by atoms with Crippen LogP contribution >= 0.6 is 0 Å². The molecule has 0 amide bonds. The molecule has 1 saturated carbocycles. The van der Waals surface area contributed by atoms with Gasteiger partial charge in [0.15, 0.2) is 6.04 Å². The van der Waals surface area contributed by atoms with Gasteiger partial charge in [0, 0.05) is 0 Å². The van der Waals surface area contributed by atoms with Crippen molar-refractivity contribution in [1.29, 1.82) is 5.26 Å². The first kappa shape index (κ1) is 7.20. The third-order valence-corrected chi connectivity index (χ3v) is 2.09. The highest BCUT2D eigenvalue weighted by Crippen LogP contribution is 2.28. The van der Waals surface area contributed by atoms with Crippen molar-refractivity contribution >= 4 is 0 Å². The molecule has 0 heterocycles. The average Bonchev–Trinajstić information content (AvgIpc) is 2.43. The molecular formula is C7H10N2O. The summed E-state index contributed by atoms with van der Waals surface area (Å²) in [4.78, 5) is 10.1. The lowest BCUT2D eigenvalue weighted by atomic mass is 10.0. The minimum Gasteiger partial charge on any atom is -0.196 e. The number of nitriles is 1. The Labute approximate surface area is 60.0 Å². The number of hydrogen-bond acceptors (Lipinski definition) is 3. The van der Waals surface area contributed by atoms with Gasteiger partial charge in [-0.2, -0.15) is 5.26 Å². The molecule has 1 aliphatic rings. The Kier molecular flexibility index (Phi) is 2.38. The van der Waals surface area contributed by atoms with Crippen LogP contribution in [0.3, 0.4) is 0 Å². The van der Waals surface area contributed by atoms with Crippen LogP contribution in [-0.4, -0.2) is 6.04 Å². The van der Waals surface area contributed by atoms with Gasteiger partial charge in [0.2, 0.25) is 0 Å². The van der Waals surface area contributed by atoms with Crippen molar-refractivity contribution in [2.75, 3.05) is 0 Å². The summed E-state index contributed by atoms with van der Waals surface area (Å²) in [5.41, 5.74) is 0. The molecule has 0 aromatic rings. The fraction of sp³-hybridized carbons (Fsp3) is 0.857. The molecule has 0 aromatic heterocycles. The van der Waals surface area contributed by atoms with Crippen LogP contribution in [0.1, 0.15) is 25.7 Å². The number of rotatable bonds is 2. The largest absolute Gasteiger partial charge is 0.196 e. The van der Waals surface area contributed by atoms with E-state index in [1.54, 1.807) is 0 Å². The molecule has 0 aromatic carbocycles. The van der Waals surface area contributed by atoms with Crippen molar-refractivity contribution in [3.8, 4) is 6.07 Å². The van der Waals surface area contributed by atoms with Gasteiger partial charge in [0.25, 0.3) is 0 Å². The van der Waals surface area contributed by atoms with Crippen LogP contribution in [-0.2, 0) is 0 Å². The molecule has 54 valence electrons. The molecule has 1 rings (SSSR count). The van der Waals surface area contributed by atoms with Gasteiger partial charge in [-0.15, -0.1) is 4.91 Å². The van der Waals surface area contributed by atoms with Crippen molar-refractivity contribution in [1.82, 2.24) is 0 Å². The van der Waals surface area contributed by atoms with Crippen molar-refractivity contribution in [2.45, 2.75) is 31.7 Å². The van der Waals surface area contributed by atoms with E-state index in [9.17, 15) is 4.91 Å². The zero-order valence-corrected chi connectivity index (χ0v) is 5.79. The summed E-state index contributed by atoms with van der Waals surface area (Å²) in [6.45, 7) is 0. The van der Waals surface area contributed by atoms with Crippen LogP contribution in [0, 0.1) is 22.2 Å². The molecule has 10 heavy (non-hydrogen) atoms. The lowest BCUT2D eigenvalue weighted by Crippen LogP contribution is -2.11. The van der Waals surface area contributed by atoms with Gasteiger partial charge >= 0.3 is 0 Å². The van der Waals surface area contributed by atoms with Gasteiger partial charge in [-0.3, -0.25) is 0 Å². The quantitative estimate of drug-likeness (QED) is 0.546. The van der Waals surface area contributed by atoms with E-state index in [2.05, 4.69) is 5.18 Å². The van der Waals surface area contributed by atoms with Gasteiger partial charge in [-0.1, -0.05) is 18.0 Å². The zero-order chi connectivity index (χ0) is 7.40. The molecule has 1 unspecified atom stereocenters. The van der Waals surface area contributed by atoms with Crippen LogP contribution in [0.15, 0.2) is 5.18 Å². The van der Waals surface area contributed by atoms with E-state index >= 15 is 0 Å². The monoisotopic (exact) mass is 138 g/mol. The van der Waals surface area contributed by atoms with E-state index in [-0.39, 0.29) is 5.92 Å². The summed E-state index contributed by atoms with van der Waals surface area (Å²) in [5, 5.41) is 11.2. The maximum Gasteiger partial charge on any atom is 0.181 e. The highest BCUT2D eigenvalue weighted by molar-refractivity contribution is 4.96. The average molecular weight is 138 g/mol. The van der Waals surface area contributed by atoms with E-state index in [1.165, 1.54) is 0 Å². The first-order chi connectivity index (χ1) is 4.88. The van der Waals surface area contributed by atoms with Gasteiger partial charge in [-0.05, 0) is 18.8 Å². The molecule has 0 spiro atoms. The van der Waals surface area contributed by atoms with Crippen LogP contribution in [0.2, 0.25) is 0 Å². The van der Waals surface area contributed by atoms with Crippen molar-refractivity contribution in [3.63, 3.8) is 0 Å². The molecule has 0 bridgehead atoms. The number of hydrogen-bond donors (Lipinski definition) is 0. The Balaban J connectivity index is 2.46. The van der Waals surface area contributed by atoms with Crippen LogP contribution in [0.5, 0.6) is 0 Å². The topological polar surface area (TPSA) is 53.2 Å². The predicted molar refractivity (Wildman–Crippen MR) is 37.2 cm³/mol. The summed E-state index contributed by atoms with van der Waals surface area (Å²) >= 11 is 0. The Morgan fingerprint density at radius 2 is 2.10 bits per heavy atom. The highest BCUT2D eigenvalue weighted by atomic mass is 16.3. The first-order valence-electron chi connectivity index (χ1n) is 3.60. The fourth-order valence-corrected chi connectivity index (χ4v) is 1.49. The summed E-state index contributed by atoms with van der Waals surface area (Å²) in [6, 6.07) is 1.33. The Morgan fingerprint density at radius 1 is 1.50 bits per heavy atom. The SMILES string of the molecule is N#CC(N=O)C1CCCC1. The maximum atomic E-state index is 10.1. The maximum absolute atomic E-state index is 10.1. The third-order valence-electron chi connectivity index (χ3n) is 2.09. The molecule has 1 fully saturated rings. The molecule has 1 aliphatic carbocycles. The second-order valence-electron chi connectivity index (χ2n) is 2.72. The van der Waals surface area contributed by atoms with Gasteiger partial charge < -0.3 is 0 Å². The van der Waals surface area contributed by atoms with Crippen LogP contribution < -0.4 is 0 Å². The van der Waals surface area contributed by atoms with Gasteiger partial charge in [0.1, 0.15) is 0 Å². The summed E-state index contributed by atoms with van der Waals surface area (Å²) in [6.07, 6.45) is 4.31. The van der Waals surface area contributed by atoms with Crippen molar-refractivity contribution in [3.05, 3.63) is 4.91 Å². The lowest BCUT2D eigenvalue weighted by Gasteiger charge is -2.06. The Hall–Kier alpha value is -0.910. The van der Waals surface area contributed by atoms with Gasteiger partial charge in [0.05, 0.1) is 6.07 Å². The molecule has 0 N–H and O–H groups in total. The second kappa shape index (κ2) is 3.31. The standard InChI is InChI=1S/C7H10N2O/c8-5-7(9-10)6-3-1-2-4-6/h6-7H,1-4H2. The first-order valence-corrected chi connectivity index (χ1v) is 3.60.